The van der Waals surface area contributed by atoms with Gasteiger partial charge in [0.2, 0.25) is 0 Å². The fourth-order valence-electron chi connectivity index (χ4n) is 2.18. The van der Waals surface area contributed by atoms with Gasteiger partial charge in [0.1, 0.15) is 4.88 Å². The molecule has 0 bridgehead atoms. The van der Waals surface area contributed by atoms with Crippen LogP contribution in [0.3, 0.4) is 0 Å². The van der Waals surface area contributed by atoms with Crippen LogP contribution in [0.5, 0.6) is 0 Å². The number of benzene rings is 2. The normalized spacial score (nSPS) is 10.4. The highest BCUT2D eigenvalue weighted by Gasteiger charge is 2.17. The number of hydrogen-bond donors (Lipinski definition) is 3. The Morgan fingerprint density at radius 3 is 2.42 bits per heavy atom. The van der Waals surface area contributed by atoms with Gasteiger partial charge in [0.15, 0.2) is 5.11 Å². The van der Waals surface area contributed by atoms with Gasteiger partial charge in [0.05, 0.1) is 10.6 Å². The van der Waals surface area contributed by atoms with E-state index < -0.39 is 5.91 Å². The second-order valence-corrected chi connectivity index (χ2v) is 8.08. The van der Waals surface area contributed by atoms with E-state index in [2.05, 4.69) is 38.8 Å². The van der Waals surface area contributed by atoms with Gasteiger partial charge in [-0.15, -0.1) is 11.3 Å². The monoisotopic (exact) mass is 515 g/mol. The lowest BCUT2D eigenvalue weighted by atomic mass is 10.2. The van der Waals surface area contributed by atoms with Crippen molar-refractivity contribution < 1.29 is 9.59 Å². The molecule has 2 aromatic carbocycles. The molecule has 0 fully saturated rings. The summed E-state index contributed by atoms with van der Waals surface area (Å²) >= 11 is 14.7. The summed E-state index contributed by atoms with van der Waals surface area (Å²) in [7, 11) is 0. The first-order valence-electron chi connectivity index (χ1n) is 7.30. The smallest absolute Gasteiger partial charge is 0.281 e. The fraction of sp³-hybridized carbons (Fsp3) is 0. The number of carbonyl (C=O) groups is 2. The van der Waals surface area contributed by atoms with Crippen molar-refractivity contribution in [3.63, 3.8) is 0 Å². The molecule has 9 heteroatoms. The van der Waals surface area contributed by atoms with Crippen LogP contribution in [0, 0.1) is 3.57 Å². The molecule has 3 aromatic rings. The average Bonchev–Trinajstić information content (AvgIpc) is 2.97. The van der Waals surface area contributed by atoms with Crippen LogP contribution in [0.15, 0.2) is 48.5 Å². The molecule has 26 heavy (non-hydrogen) atoms. The molecule has 5 nitrogen and oxygen atoms in total. The van der Waals surface area contributed by atoms with Crippen molar-refractivity contribution in [2.24, 2.45) is 0 Å². The van der Waals surface area contributed by atoms with Crippen LogP contribution in [0.2, 0.25) is 5.02 Å². The molecule has 0 aliphatic carbocycles. The Balaban J connectivity index is 1.62. The molecule has 3 rings (SSSR count). The SMILES string of the molecule is O=C(NC(=S)NNC(=O)c1sc2ccccc2c1Cl)c1ccccc1I. The van der Waals surface area contributed by atoms with Gasteiger partial charge < -0.3 is 0 Å². The fourth-order valence-corrected chi connectivity index (χ4v) is 4.37. The van der Waals surface area contributed by atoms with Crippen molar-refractivity contribution in [3.8, 4) is 0 Å². The number of halogens is 2. The minimum absolute atomic E-state index is 0.0137. The standard InChI is InChI=1S/C17H11ClIN3O2S2/c18-13-10-6-2-4-8-12(10)26-14(13)16(24)21-22-17(25)20-15(23)9-5-1-3-7-11(9)19/h1-8H,(H,21,24)(H2,20,22,23,25). The number of fused-ring (bicyclic) bond motifs is 1. The first-order chi connectivity index (χ1) is 12.5. The van der Waals surface area contributed by atoms with Crippen molar-refractivity contribution in [1.29, 1.82) is 0 Å². The highest BCUT2D eigenvalue weighted by Crippen LogP contribution is 2.34. The van der Waals surface area contributed by atoms with E-state index in [9.17, 15) is 9.59 Å². The van der Waals surface area contributed by atoms with Gasteiger partial charge in [-0.1, -0.05) is 41.9 Å². The molecule has 0 unspecified atom stereocenters. The molecule has 0 radical (unpaired) electrons. The van der Waals surface area contributed by atoms with Crippen molar-refractivity contribution >= 4 is 84.8 Å². The maximum absolute atomic E-state index is 12.3. The van der Waals surface area contributed by atoms with Crippen LogP contribution in [-0.2, 0) is 0 Å². The van der Waals surface area contributed by atoms with Gasteiger partial charge in [0, 0.05) is 13.7 Å². The van der Waals surface area contributed by atoms with E-state index in [1.54, 1.807) is 12.1 Å². The largest absolute Gasteiger partial charge is 0.298 e. The first kappa shape index (κ1) is 19.0. The van der Waals surface area contributed by atoms with Crippen LogP contribution in [0.4, 0.5) is 0 Å². The Labute approximate surface area is 177 Å². The Bertz CT molecular complexity index is 1020. The third-order valence-electron chi connectivity index (χ3n) is 3.38. The van der Waals surface area contributed by atoms with Crippen LogP contribution in [0.25, 0.3) is 10.1 Å². The number of rotatable bonds is 2. The molecule has 0 aliphatic rings. The molecule has 0 spiro atoms. The Morgan fingerprint density at radius 1 is 1.00 bits per heavy atom. The molecule has 0 saturated carbocycles. The minimum atomic E-state index is -0.429. The van der Waals surface area contributed by atoms with E-state index >= 15 is 0 Å². The average molecular weight is 516 g/mol. The summed E-state index contributed by atoms with van der Waals surface area (Å²) in [4.78, 5) is 24.9. The summed E-state index contributed by atoms with van der Waals surface area (Å²) in [6.45, 7) is 0. The van der Waals surface area contributed by atoms with Gasteiger partial charge in [-0.2, -0.15) is 0 Å². The molecule has 0 aliphatic heterocycles. The number of nitrogens with one attached hydrogen (secondary N) is 3. The van der Waals surface area contributed by atoms with E-state index in [0.717, 1.165) is 13.7 Å². The molecule has 1 aromatic heterocycles. The maximum atomic E-state index is 12.3. The Morgan fingerprint density at radius 2 is 1.69 bits per heavy atom. The van der Waals surface area contributed by atoms with Gasteiger partial charge >= 0.3 is 0 Å². The van der Waals surface area contributed by atoms with E-state index in [-0.39, 0.29) is 11.0 Å². The molecule has 0 atom stereocenters. The van der Waals surface area contributed by atoms with Gasteiger partial charge in [-0.05, 0) is 53.0 Å². The summed E-state index contributed by atoms with van der Waals surface area (Å²) < 4.78 is 1.71. The minimum Gasteiger partial charge on any atom is -0.298 e. The Kier molecular flexibility index (Phi) is 6.07. The van der Waals surface area contributed by atoms with E-state index in [0.29, 0.717) is 15.5 Å². The molecular formula is C17H11ClIN3O2S2. The third kappa shape index (κ3) is 4.14. The number of hydrazine groups is 1. The van der Waals surface area contributed by atoms with Gasteiger partial charge in [-0.25, -0.2) is 0 Å². The zero-order valence-corrected chi connectivity index (χ0v) is 17.6. The quantitative estimate of drug-likeness (QED) is 0.273. The number of thiocarbonyl (C=S) groups is 1. The van der Waals surface area contributed by atoms with Crippen molar-refractivity contribution in [3.05, 3.63) is 67.6 Å². The van der Waals surface area contributed by atoms with Crippen LogP contribution in [-0.4, -0.2) is 16.9 Å². The van der Waals surface area contributed by atoms with E-state index in [4.69, 9.17) is 23.8 Å². The topological polar surface area (TPSA) is 70.2 Å². The zero-order valence-electron chi connectivity index (χ0n) is 13.0. The van der Waals surface area contributed by atoms with Gasteiger partial charge in [-0.3, -0.25) is 25.8 Å². The summed E-state index contributed by atoms with van der Waals surface area (Å²) in [5.41, 5.74) is 5.47. The number of hydrogen-bond acceptors (Lipinski definition) is 4. The van der Waals surface area contributed by atoms with Crippen LogP contribution >= 0.6 is 57.7 Å². The first-order valence-corrected chi connectivity index (χ1v) is 9.98. The summed E-state index contributed by atoms with van der Waals surface area (Å²) in [5.74, 6) is -0.788. The molecule has 1 heterocycles. The molecule has 2 amide bonds. The number of carbonyl (C=O) groups excluding carboxylic acids is 2. The van der Waals surface area contributed by atoms with Crippen LogP contribution < -0.4 is 16.2 Å². The lowest BCUT2D eigenvalue weighted by molar-refractivity contribution is 0.0938. The maximum Gasteiger partial charge on any atom is 0.281 e. The summed E-state index contributed by atoms with van der Waals surface area (Å²) in [6, 6.07) is 14.6. The van der Waals surface area contributed by atoms with Crippen molar-refractivity contribution in [2.75, 3.05) is 0 Å². The highest BCUT2D eigenvalue weighted by molar-refractivity contribution is 14.1. The number of amides is 2. The molecule has 132 valence electrons. The molecule has 3 N–H and O–H groups in total. The number of thiophene rings is 1. The second-order valence-electron chi connectivity index (χ2n) is 5.08. The summed E-state index contributed by atoms with van der Waals surface area (Å²) in [5, 5.41) is 3.71. The molecular weight excluding hydrogens is 505 g/mol. The van der Waals surface area contributed by atoms with Crippen LogP contribution in [0.1, 0.15) is 20.0 Å². The second kappa shape index (κ2) is 8.30. The van der Waals surface area contributed by atoms with E-state index in [1.807, 2.05) is 36.4 Å². The van der Waals surface area contributed by atoms with Gasteiger partial charge in [0.25, 0.3) is 11.8 Å². The highest BCUT2D eigenvalue weighted by atomic mass is 127. The lowest BCUT2D eigenvalue weighted by Gasteiger charge is -2.11. The zero-order chi connectivity index (χ0) is 18.7. The predicted molar refractivity (Wildman–Crippen MR) is 117 cm³/mol. The Hall–Kier alpha value is -1.75. The van der Waals surface area contributed by atoms with E-state index in [1.165, 1.54) is 11.3 Å². The molecule has 0 saturated heterocycles. The van der Waals surface area contributed by atoms with Crippen molar-refractivity contribution in [2.45, 2.75) is 0 Å². The lowest BCUT2D eigenvalue weighted by Crippen LogP contribution is -2.48. The third-order valence-corrected chi connectivity index (χ3v) is 6.20. The van der Waals surface area contributed by atoms with Crippen molar-refractivity contribution in [1.82, 2.24) is 16.2 Å². The predicted octanol–water partition coefficient (Wildman–Crippen LogP) is 4.11. The summed E-state index contributed by atoms with van der Waals surface area (Å²) in [6.07, 6.45) is 0.